The van der Waals surface area contributed by atoms with Crippen molar-refractivity contribution in [2.75, 3.05) is 98.1 Å². The van der Waals surface area contributed by atoms with Crippen molar-refractivity contribution in [1.82, 2.24) is 24.9 Å². The van der Waals surface area contributed by atoms with Gasteiger partial charge in [0.1, 0.15) is 16.9 Å². The van der Waals surface area contributed by atoms with Crippen LogP contribution in [0.15, 0.2) is 59.5 Å². The number of amides is 2. The van der Waals surface area contributed by atoms with Crippen molar-refractivity contribution in [3.05, 3.63) is 71.8 Å². The molecule has 3 atom stereocenters. The van der Waals surface area contributed by atoms with Crippen LogP contribution in [0.2, 0.25) is 0 Å². The number of carbonyl (C=O) groups excluding carboxylic acids is 2. The van der Waals surface area contributed by atoms with Gasteiger partial charge in [-0.3, -0.25) is 9.69 Å². The molecule has 4 saturated heterocycles. The van der Waals surface area contributed by atoms with E-state index in [-0.39, 0.29) is 61.4 Å². The molecule has 2 aromatic carbocycles. The minimum atomic E-state index is -3.62. The lowest BCUT2D eigenvalue weighted by molar-refractivity contribution is -0.129. The predicted molar refractivity (Wildman–Crippen MR) is 213 cm³/mol. The van der Waals surface area contributed by atoms with Gasteiger partial charge < -0.3 is 29.7 Å². The number of alkyl halides is 1. The Kier molecular flexibility index (Phi) is 12.3. The average Bonchev–Trinajstić information content (AvgIpc) is 3.57. The number of hydrogen-bond donors (Lipinski definition) is 1. The van der Waals surface area contributed by atoms with Crippen LogP contribution in [-0.2, 0) is 24.8 Å². The van der Waals surface area contributed by atoms with Crippen LogP contribution in [-0.4, -0.2) is 150 Å². The number of nitrogens with one attached hydrogen (secondary N) is 1. The molecule has 4 aliphatic heterocycles. The Morgan fingerprint density at radius 3 is 2.21 bits per heavy atom. The first-order valence-corrected chi connectivity index (χ1v) is 21.9. The Morgan fingerprint density at radius 2 is 1.61 bits per heavy atom. The van der Waals surface area contributed by atoms with E-state index in [2.05, 4.69) is 15.1 Å². The fraction of sp³-hybridized carbons (Fsp3) is 0.619. The molecule has 4 heterocycles. The second-order valence-corrected chi connectivity index (χ2v) is 19.5. The van der Waals surface area contributed by atoms with Gasteiger partial charge in [0.25, 0.3) is 0 Å². The maximum Gasteiger partial charge on any atom is 0.407 e. The summed E-state index contributed by atoms with van der Waals surface area (Å²) in [6.07, 6.45) is 7.71. The lowest BCUT2D eigenvalue weighted by atomic mass is 9.57. The predicted octanol–water partition coefficient (Wildman–Crippen LogP) is 4.48. The lowest BCUT2D eigenvalue weighted by Gasteiger charge is -2.54. The highest BCUT2D eigenvalue weighted by molar-refractivity contribution is 7.92. The fourth-order valence-electron chi connectivity index (χ4n) is 10.0. The summed E-state index contributed by atoms with van der Waals surface area (Å²) >= 11 is 0. The third-order valence-electron chi connectivity index (χ3n) is 13.1. The van der Waals surface area contributed by atoms with Crippen molar-refractivity contribution in [1.29, 1.82) is 0 Å². The lowest BCUT2D eigenvalue weighted by Crippen LogP contribution is -2.65. The SMILES string of the molecule is COC(=O)N[C@H]1CCC[C@@H]1[C@](CN1CCC1)(c1cc(F)cc(F)c1)C1CCN(CC2(F)CN(c3ccc(S(=O)(=O)C4CN(C(=O)/C=C/CN(C)C)C4)cc3)C2)CC1. The number of likely N-dealkylation sites (N-methyl/N-ethyl adjacent to an activating group) is 1. The number of benzene rings is 2. The van der Waals surface area contributed by atoms with Gasteiger partial charge in [0.2, 0.25) is 5.91 Å². The minimum absolute atomic E-state index is 0.0530. The van der Waals surface area contributed by atoms with E-state index in [4.69, 9.17) is 4.74 Å². The van der Waals surface area contributed by atoms with Gasteiger partial charge in [-0.1, -0.05) is 12.5 Å². The highest BCUT2D eigenvalue weighted by Crippen LogP contribution is 2.52. The molecular weight excluding hydrogens is 758 g/mol. The van der Waals surface area contributed by atoms with E-state index >= 15 is 13.2 Å². The summed E-state index contributed by atoms with van der Waals surface area (Å²) in [5.74, 6) is -1.43. The summed E-state index contributed by atoms with van der Waals surface area (Å²) in [6.45, 7) is 5.30. The Labute approximate surface area is 335 Å². The number of piperidine rings is 1. The smallest absolute Gasteiger partial charge is 0.407 e. The van der Waals surface area contributed by atoms with Crippen LogP contribution < -0.4 is 10.2 Å². The van der Waals surface area contributed by atoms with Crippen LogP contribution in [0.3, 0.4) is 0 Å². The molecule has 0 bridgehead atoms. The number of likely N-dealkylation sites (tertiary alicyclic amines) is 3. The Bertz CT molecular complexity index is 1870. The van der Waals surface area contributed by atoms with Gasteiger partial charge in [0.05, 0.1) is 25.1 Å². The largest absolute Gasteiger partial charge is 0.453 e. The van der Waals surface area contributed by atoms with E-state index in [0.717, 1.165) is 63.4 Å². The summed E-state index contributed by atoms with van der Waals surface area (Å²) in [5, 5.41) is 2.40. The van der Waals surface area contributed by atoms with E-state index in [1.165, 1.54) is 30.2 Å². The van der Waals surface area contributed by atoms with Gasteiger partial charge in [-0.15, -0.1) is 0 Å². The summed E-state index contributed by atoms with van der Waals surface area (Å²) in [7, 11) is 1.52. The Hall–Kier alpha value is -3.66. The normalized spacial score (nSPS) is 24.5. The summed E-state index contributed by atoms with van der Waals surface area (Å²) < 4.78 is 77.9. The summed E-state index contributed by atoms with van der Waals surface area (Å²) in [6, 6.07) is 10.3. The van der Waals surface area contributed by atoms with Crippen molar-refractivity contribution in [3.63, 3.8) is 0 Å². The number of rotatable bonds is 14. The number of anilines is 1. The number of nitrogens with zero attached hydrogens (tertiary/aromatic N) is 5. The molecule has 1 aliphatic carbocycles. The third-order valence-corrected chi connectivity index (χ3v) is 15.2. The molecule has 5 fully saturated rings. The van der Waals surface area contributed by atoms with Crippen molar-refractivity contribution in [2.24, 2.45) is 11.8 Å². The maximum atomic E-state index is 16.3. The van der Waals surface area contributed by atoms with E-state index in [1.54, 1.807) is 30.3 Å². The molecule has 1 N–H and O–H groups in total. The second kappa shape index (κ2) is 16.9. The average molecular weight is 815 g/mol. The standard InChI is InChI=1S/C42H57F3N6O5S/c1-47(2)16-5-9-39(52)50-24-36(25-50)57(54,55)35-12-10-34(11-13-35)51-27-41(45,28-51)26-49-19-14-30(15-20-49)42(29-48-17-6-18-48,31-21-32(43)23-33(44)22-31)37-7-4-8-38(37)46-40(53)56-3/h5,9-13,21-23,30,36-38H,4,6-8,14-20,24-29H2,1-3H3,(H,46,53)/b9-5+/t37-,38-,42-/m0/s1. The molecular formula is C42H57F3N6O5S. The van der Waals surface area contributed by atoms with Crippen LogP contribution in [0.5, 0.6) is 0 Å². The highest BCUT2D eigenvalue weighted by Gasteiger charge is 2.54. The third kappa shape index (κ3) is 8.86. The zero-order valence-electron chi connectivity index (χ0n) is 33.3. The molecule has 57 heavy (non-hydrogen) atoms. The molecule has 2 amide bonds. The van der Waals surface area contributed by atoms with Crippen LogP contribution >= 0.6 is 0 Å². The Balaban J connectivity index is 0.976. The molecule has 312 valence electrons. The molecule has 0 unspecified atom stereocenters. The number of halogens is 3. The molecule has 0 spiro atoms. The van der Waals surface area contributed by atoms with Crippen LogP contribution in [0, 0.1) is 23.5 Å². The minimum Gasteiger partial charge on any atom is -0.453 e. The molecule has 0 aromatic heterocycles. The molecule has 11 nitrogen and oxygen atoms in total. The number of sulfone groups is 1. The monoisotopic (exact) mass is 814 g/mol. The fourth-order valence-corrected chi connectivity index (χ4v) is 11.7. The van der Waals surface area contributed by atoms with Crippen LogP contribution in [0.1, 0.15) is 44.1 Å². The maximum absolute atomic E-state index is 16.3. The molecule has 15 heteroatoms. The molecule has 2 aromatic rings. The van der Waals surface area contributed by atoms with Gasteiger partial charge in [-0.25, -0.2) is 26.4 Å². The van der Waals surface area contributed by atoms with Crippen LogP contribution in [0.4, 0.5) is 23.7 Å². The van der Waals surface area contributed by atoms with Crippen molar-refractivity contribution in [2.45, 2.75) is 65.8 Å². The topological polar surface area (TPSA) is 106 Å². The number of methoxy groups -OCH3 is 1. The summed E-state index contributed by atoms with van der Waals surface area (Å²) in [5.41, 5.74) is -0.682. The van der Waals surface area contributed by atoms with E-state index in [9.17, 15) is 18.0 Å². The van der Waals surface area contributed by atoms with Gasteiger partial charge in [-0.05, 0) is 126 Å². The van der Waals surface area contributed by atoms with Crippen molar-refractivity contribution in [3.8, 4) is 0 Å². The molecule has 0 radical (unpaired) electrons. The van der Waals surface area contributed by atoms with Gasteiger partial charge in [0, 0.05) is 62.0 Å². The summed E-state index contributed by atoms with van der Waals surface area (Å²) in [4.78, 5) is 34.9. The van der Waals surface area contributed by atoms with Crippen molar-refractivity contribution >= 4 is 27.5 Å². The van der Waals surface area contributed by atoms with Gasteiger partial charge >= 0.3 is 6.09 Å². The number of carbonyl (C=O) groups is 2. The van der Waals surface area contributed by atoms with Gasteiger partial charge in [-0.2, -0.15) is 0 Å². The first kappa shape index (κ1) is 41.5. The molecule has 5 aliphatic rings. The molecule has 7 rings (SSSR count). The van der Waals surface area contributed by atoms with E-state index in [0.29, 0.717) is 31.7 Å². The number of hydrogen-bond acceptors (Lipinski definition) is 9. The van der Waals surface area contributed by atoms with Crippen molar-refractivity contribution < 1.29 is 35.9 Å². The zero-order valence-corrected chi connectivity index (χ0v) is 34.2. The van der Waals surface area contributed by atoms with Crippen LogP contribution in [0.25, 0.3) is 0 Å². The first-order valence-electron chi connectivity index (χ1n) is 20.3. The van der Waals surface area contributed by atoms with E-state index < -0.39 is 43.9 Å². The molecule has 1 saturated carbocycles. The number of alkyl carbamates (subject to hydrolysis) is 1. The highest BCUT2D eigenvalue weighted by atomic mass is 32.2. The quantitative estimate of drug-likeness (QED) is 0.277. The second-order valence-electron chi connectivity index (χ2n) is 17.2. The zero-order chi connectivity index (χ0) is 40.5. The first-order chi connectivity index (χ1) is 27.2. The Morgan fingerprint density at radius 1 is 0.947 bits per heavy atom. The van der Waals surface area contributed by atoms with Gasteiger partial charge in [0.15, 0.2) is 15.5 Å². The number of ether oxygens (including phenoxy) is 1. The van der Waals surface area contributed by atoms with E-state index in [1.807, 2.05) is 23.9 Å².